The van der Waals surface area contributed by atoms with Gasteiger partial charge in [-0.25, -0.2) is 36.7 Å². The molecule has 0 bridgehead atoms. The Morgan fingerprint density at radius 1 is 1.26 bits per heavy atom. The predicted molar refractivity (Wildman–Crippen MR) is 109 cm³/mol. The topological polar surface area (TPSA) is 112 Å². The standard InChI is InChI=1S/C20H17F5N6O3/c1-9-12-4-10(21)5-13(22)15(12)34-16(9)20(25,17(23)24)30-19(33)29-11-6-27-18(28-7-11)31-3-2-26-14(32)8-31/h4-7,17H,2-3,8H2,1H3,(H,26,32)(H2,29,30,33). The summed E-state index contributed by atoms with van der Waals surface area (Å²) in [7, 11) is 0. The normalized spacial score (nSPS) is 15.9. The van der Waals surface area contributed by atoms with Gasteiger partial charge in [0.15, 0.2) is 17.2 Å². The highest BCUT2D eigenvalue weighted by Gasteiger charge is 2.49. The van der Waals surface area contributed by atoms with Gasteiger partial charge in [0.05, 0.1) is 24.6 Å². The van der Waals surface area contributed by atoms with E-state index in [0.29, 0.717) is 19.2 Å². The molecule has 0 aliphatic carbocycles. The Morgan fingerprint density at radius 2 is 1.97 bits per heavy atom. The number of nitrogens with zero attached hydrogens (tertiary/aromatic N) is 3. The SMILES string of the molecule is Cc1c(C(F)(NC(=O)Nc2cnc(N3CCNC(=O)C3)nc2)C(F)F)oc2c(F)cc(F)cc12. The minimum atomic E-state index is -3.86. The Labute approximate surface area is 188 Å². The fourth-order valence-electron chi connectivity index (χ4n) is 3.49. The lowest BCUT2D eigenvalue weighted by Crippen LogP contribution is -2.49. The van der Waals surface area contributed by atoms with Crippen LogP contribution in [0.4, 0.5) is 38.4 Å². The molecule has 4 rings (SSSR count). The number of hydrogen-bond donors (Lipinski definition) is 3. The van der Waals surface area contributed by atoms with E-state index in [1.807, 2.05) is 0 Å². The molecule has 1 saturated heterocycles. The largest absolute Gasteiger partial charge is 0.452 e. The summed E-state index contributed by atoms with van der Waals surface area (Å²) in [4.78, 5) is 33.3. The van der Waals surface area contributed by atoms with Crippen molar-refractivity contribution in [2.45, 2.75) is 19.1 Å². The smallest absolute Gasteiger partial charge is 0.322 e. The first kappa shape index (κ1) is 23.2. The summed E-state index contributed by atoms with van der Waals surface area (Å²) in [6, 6.07) is -0.141. The molecule has 1 aliphatic rings. The average molecular weight is 484 g/mol. The number of aromatic nitrogens is 2. The number of fused-ring (bicyclic) bond motifs is 1. The van der Waals surface area contributed by atoms with Crippen molar-refractivity contribution in [3.05, 3.63) is 47.5 Å². The molecule has 0 radical (unpaired) electrons. The molecule has 3 heterocycles. The van der Waals surface area contributed by atoms with E-state index < -0.39 is 41.2 Å². The number of amides is 3. The average Bonchev–Trinajstić information content (AvgIpc) is 3.11. The van der Waals surface area contributed by atoms with E-state index in [-0.39, 0.29) is 35.0 Å². The maximum absolute atomic E-state index is 15.4. The van der Waals surface area contributed by atoms with Crippen molar-refractivity contribution < 1.29 is 36.0 Å². The minimum Gasteiger partial charge on any atom is -0.452 e. The van der Waals surface area contributed by atoms with Gasteiger partial charge in [-0.1, -0.05) is 0 Å². The molecule has 1 aliphatic heterocycles. The summed E-state index contributed by atoms with van der Waals surface area (Å²) in [6.07, 6.45) is -1.54. The van der Waals surface area contributed by atoms with Crippen LogP contribution in [0.5, 0.6) is 0 Å². The Morgan fingerprint density at radius 3 is 2.62 bits per heavy atom. The van der Waals surface area contributed by atoms with E-state index in [0.717, 1.165) is 25.4 Å². The van der Waals surface area contributed by atoms with Crippen molar-refractivity contribution in [1.29, 1.82) is 0 Å². The minimum absolute atomic E-state index is 0.0351. The molecular formula is C20H17F5N6O3. The van der Waals surface area contributed by atoms with Crippen molar-refractivity contribution in [1.82, 2.24) is 20.6 Å². The monoisotopic (exact) mass is 484 g/mol. The molecule has 9 nitrogen and oxygen atoms in total. The molecular weight excluding hydrogens is 467 g/mol. The van der Waals surface area contributed by atoms with Crippen LogP contribution in [-0.2, 0) is 10.6 Å². The lowest BCUT2D eigenvalue weighted by atomic mass is 10.1. The Hall–Kier alpha value is -3.97. The van der Waals surface area contributed by atoms with Gasteiger partial charge in [0.2, 0.25) is 11.9 Å². The van der Waals surface area contributed by atoms with E-state index >= 15 is 4.39 Å². The van der Waals surface area contributed by atoms with E-state index in [9.17, 15) is 27.2 Å². The van der Waals surface area contributed by atoms with Gasteiger partial charge in [-0.2, -0.15) is 0 Å². The number of nitrogens with one attached hydrogen (secondary N) is 3. The summed E-state index contributed by atoms with van der Waals surface area (Å²) in [6.45, 7) is 2.02. The van der Waals surface area contributed by atoms with Crippen LogP contribution in [0.15, 0.2) is 28.9 Å². The van der Waals surface area contributed by atoms with Crippen LogP contribution in [-0.4, -0.2) is 48.0 Å². The highest BCUT2D eigenvalue weighted by atomic mass is 19.3. The Bertz CT molecular complexity index is 1250. The second-order valence-corrected chi connectivity index (χ2v) is 7.46. The van der Waals surface area contributed by atoms with Crippen LogP contribution >= 0.6 is 0 Å². The van der Waals surface area contributed by atoms with E-state index in [4.69, 9.17) is 4.42 Å². The van der Waals surface area contributed by atoms with Crippen LogP contribution in [0.3, 0.4) is 0 Å². The summed E-state index contributed by atoms with van der Waals surface area (Å²) in [5.41, 5.74) is -1.00. The number of alkyl halides is 3. The maximum Gasteiger partial charge on any atom is 0.322 e. The zero-order chi connectivity index (χ0) is 24.6. The number of furan rings is 1. The number of aryl methyl sites for hydroxylation is 1. The summed E-state index contributed by atoms with van der Waals surface area (Å²) < 4.78 is 75.3. The molecule has 3 aromatic rings. The second kappa shape index (κ2) is 8.76. The van der Waals surface area contributed by atoms with Crippen LogP contribution in [0.2, 0.25) is 0 Å². The quantitative estimate of drug-likeness (QED) is 0.379. The third-order valence-corrected chi connectivity index (χ3v) is 5.10. The molecule has 180 valence electrons. The first-order valence-electron chi connectivity index (χ1n) is 9.87. The van der Waals surface area contributed by atoms with Gasteiger partial charge in [0.25, 0.3) is 6.43 Å². The van der Waals surface area contributed by atoms with E-state index in [1.54, 1.807) is 4.90 Å². The van der Waals surface area contributed by atoms with Gasteiger partial charge >= 0.3 is 11.8 Å². The predicted octanol–water partition coefficient (Wildman–Crippen LogP) is 2.95. The molecule has 0 saturated carbocycles. The van der Waals surface area contributed by atoms with E-state index in [1.165, 1.54) is 5.32 Å². The lowest BCUT2D eigenvalue weighted by Gasteiger charge is -2.26. The molecule has 3 amide bonds. The van der Waals surface area contributed by atoms with Gasteiger partial charge in [0.1, 0.15) is 5.82 Å². The van der Waals surface area contributed by atoms with Crippen LogP contribution in [0, 0.1) is 18.6 Å². The van der Waals surface area contributed by atoms with Gasteiger partial charge < -0.3 is 20.0 Å². The molecule has 34 heavy (non-hydrogen) atoms. The summed E-state index contributed by atoms with van der Waals surface area (Å²) >= 11 is 0. The fourth-order valence-corrected chi connectivity index (χ4v) is 3.49. The molecule has 0 spiro atoms. The summed E-state index contributed by atoms with van der Waals surface area (Å²) in [5, 5.41) is 5.97. The molecule has 1 unspecified atom stereocenters. The number of urea groups is 1. The second-order valence-electron chi connectivity index (χ2n) is 7.46. The highest BCUT2D eigenvalue weighted by molar-refractivity contribution is 5.90. The van der Waals surface area contributed by atoms with Crippen LogP contribution in [0.25, 0.3) is 11.0 Å². The number of piperazine rings is 1. The maximum atomic E-state index is 15.4. The van der Waals surface area contributed by atoms with Crippen LogP contribution < -0.4 is 20.9 Å². The van der Waals surface area contributed by atoms with Gasteiger partial charge in [-0.15, -0.1) is 0 Å². The first-order valence-corrected chi connectivity index (χ1v) is 9.87. The number of carbonyl (C=O) groups excluding carboxylic acids is 2. The van der Waals surface area contributed by atoms with Crippen molar-refractivity contribution in [2.75, 3.05) is 29.9 Å². The van der Waals surface area contributed by atoms with E-state index in [2.05, 4.69) is 20.6 Å². The van der Waals surface area contributed by atoms with Crippen molar-refractivity contribution in [3.8, 4) is 0 Å². The van der Waals surface area contributed by atoms with Crippen molar-refractivity contribution in [2.24, 2.45) is 0 Å². The lowest BCUT2D eigenvalue weighted by molar-refractivity contribution is -0.120. The fraction of sp³-hybridized carbons (Fsp3) is 0.300. The van der Waals surface area contributed by atoms with Gasteiger partial charge in [0, 0.05) is 30.1 Å². The number of halogens is 5. The number of rotatable bonds is 5. The molecule has 1 fully saturated rings. The molecule has 1 aromatic carbocycles. The van der Waals surface area contributed by atoms with Crippen LogP contribution in [0.1, 0.15) is 11.3 Å². The van der Waals surface area contributed by atoms with Crippen molar-refractivity contribution >= 4 is 34.5 Å². The van der Waals surface area contributed by atoms with Crippen molar-refractivity contribution in [3.63, 3.8) is 0 Å². The third-order valence-electron chi connectivity index (χ3n) is 5.10. The Kier molecular flexibility index (Phi) is 5.98. The molecule has 3 N–H and O–H groups in total. The zero-order valence-electron chi connectivity index (χ0n) is 17.5. The number of hydrogen-bond acceptors (Lipinski definition) is 6. The molecule has 2 aromatic heterocycles. The molecule has 14 heteroatoms. The third kappa shape index (κ3) is 4.30. The highest BCUT2D eigenvalue weighted by Crippen LogP contribution is 2.39. The number of carbonyl (C=O) groups is 2. The number of anilines is 2. The Balaban J connectivity index is 1.53. The van der Waals surface area contributed by atoms with Gasteiger partial charge in [-0.05, 0) is 13.0 Å². The first-order chi connectivity index (χ1) is 16.1. The summed E-state index contributed by atoms with van der Waals surface area (Å²) in [5.74, 6) is -7.19. The molecule has 1 atom stereocenters. The zero-order valence-corrected chi connectivity index (χ0v) is 17.5. The van der Waals surface area contributed by atoms with Gasteiger partial charge in [-0.3, -0.25) is 10.1 Å². The number of benzene rings is 1.